The summed E-state index contributed by atoms with van der Waals surface area (Å²) in [6.07, 6.45) is 0. The first-order valence-electron chi connectivity index (χ1n) is 7.12. The summed E-state index contributed by atoms with van der Waals surface area (Å²) in [5.74, 6) is 0.444. The Hall–Kier alpha value is -2.01. The Balaban J connectivity index is 2.24. The first-order chi connectivity index (χ1) is 9.51. The van der Waals surface area contributed by atoms with Gasteiger partial charge in [0, 0.05) is 19.3 Å². The van der Waals surface area contributed by atoms with E-state index in [2.05, 4.69) is 75.2 Å². The smallest absolute Gasteiger partial charge is 0.0677 e. The molecule has 0 aliphatic rings. The monoisotopic (exact) mass is 266 g/mol. The second kappa shape index (κ2) is 5.96. The van der Waals surface area contributed by atoms with E-state index in [4.69, 9.17) is 0 Å². The lowest BCUT2D eigenvalue weighted by molar-refractivity contribution is 0.477. The largest absolute Gasteiger partial charge is 0.373 e. The Morgan fingerprint density at radius 1 is 1.10 bits per heavy atom. The number of aryl methyl sites for hydroxylation is 1. The summed E-state index contributed by atoms with van der Waals surface area (Å²) in [6.45, 7) is 7.08. The van der Waals surface area contributed by atoms with Crippen molar-refractivity contribution in [3.63, 3.8) is 0 Å². The molecule has 20 heavy (non-hydrogen) atoms. The minimum absolute atomic E-state index is 0.0636. The van der Waals surface area contributed by atoms with Crippen molar-refractivity contribution in [1.29, 1.82) is 5.26 Å². The molecule has 0 radical (unpaired) electrons. The van der Waals surface area contributed by atoms with Crippen LogP contribution >= 0.6 is 0 Å². The molecule has 0 saturated carbocycles. The molecular weight excluding hydrogens is 244 g/mol. The lowest BCUT2D eigenvalue weighted by atomic mass is 9.97. The lowest BCUT2D eigenvalue weighted by Gasteiger charge is -2.24. The number of anilines is 1. The Kier molecular flexibility index (Phi) is 4.29. The van der Waals surface area contributed by atoms with Crippen molar-refractivity contribution in [2.24, 2.45) is 11.8 Å². The minimum Gasteiger partial charge on any atom is -0.373 e. The zero-order valence-corrected chi connectivity index (χ0v) is 12.7. The first-order valence-corrected chi connectivity index (χ1v) is 7.12. The molecule has 2 aromatic rings. The molecule has 0 aromatic heterocycles. The molecule has 0 saturated heterocycles. The third kappa shape index (κ3) is 3.11. The molecule has 0 aliphatic heterocycles. The molecule has 104 valence electrons. The summed E-state index contributed by atoms with van der Waals surface area (Å²) < 4.78 is 0. The van der Waals surface area contributed by atoms with Crippen molar-refractivity contribution in [2.45, 2.75) is 20.8 Å². The third-order valence-corrected chi connectivity index (χ3v) is 3.86. The highest BCUT2D eigenvalue weighted by atomic mass is 15.1. The van der Waals surface area contributed by atoms with Gasteiger partial charge in [0.15, 0.2) is 0 Å². The molecule has 0 amide bonds. The van der Waals surface area contributed by atoms with Crippen LogP contribution in [0.25, 0.3) is 10.8 Å². The highest BCUT2D eigenvalue weighted by molar-refractivity contribution is 5.86. The van der Waals surface area contributed by atoms with Gasteiger partial charge in [-0.25, -0.2) is 0 Å². The maximum absolute atomic E-state index is 9.22. The molecule has 1 atom stereocenters. The Bertz CT molecular complexity index is 637. The highest BCUT2D eigenvalue weighted by Gasteiger charge is 2.15. The van der Waals surface area contributed by atoms with Crippen molar-refractivity contribution < 1.29 is 0 Å². The van der Waals surface area contributed by atoms with Gasteiger partial charge in [-0.2, -0.15) is 5.26 Å². The molecule has 0 aliphatic carbocycles. The summed E-state index contributed by atoms with van der Waals surface area (Å²) in [5, 5.41) is 11.7. The fraction of sp³-hybridized carbons (Fsp3) is 0.389. The van der Waals surface area contributed by atoms with E-state index in [1.54, 1.807) is 0 Å². The van der Waals surface area contributed by atoms with Crippen LogP contribution in [0.4, 0.5) is 5.69 Å². The molecule has 0 heterocycles. The molecule has 0 bridgehead atoms. The number of hydrogen-bond acceptors (Lipinski definition) is 2. The topological polar surface area (TPSA) is 27.0 Å². The molecule has 2 heteroatoms. The third-order valence-electron chi connectivity index (χ3n) is 3.86. The van der Waals surface area contributed by atoms with Crippen molar-refractivity contribution in [3.8, 4) is 6.07 Å². The highest BCUT2D eigenvalue weighted by Crippen LogP contribution is 2.24. The van der Waals surface area contributed by atoms with Crippen LogP contribution in [0, 0.1) is 30.1 Å². The van der Waals surface area contributed by atoms with E-state index in [9.17, 15) is 5.26 Å². The van der Waals surface area contributed by atoms with Crippen LogP contribution in [0.2, 0.25) is 0 Å². The molecule has 0 N–H and O–H groups in total. The Morgan fingerprint density at radius 3 is 2.40 bits per heavy atom. The van der Waals surface area contributed by atoms with Gasteiger partial charge in [-0.15, -0.1) is 0 Å². The molecule has 0 spiro atoms. The predicted octanol–water partition coefficient (Wildman–Crippen LogP) is 4.38. The fourth-order valence-corrected chi connectivity index (χ4v) is 2.39. The summed E-state index contributed by atoms with van der Waals surface area (Å²) in [7, 11) is 2.06. The van der Waals surface area contributed by atoms with Gasteiger partial charge in [-0.3, -0.25) is 0 Å². The fourth-order valence-electron chi connectivity index (χ4n) is 2.39. The molecule has 1 unspecified atom stereocenters. The molecule has 2 rings (SSSR count). The van der Waals surface area contributed by atoms with Crippen molar-refractivity contribution >= 4 is 16.5 Å². The minimum atomic E-state index is 0.0636. The van der Waals surface area contributed by atoms with E-state index in [1.807, 2.05) is 0 Å². The number of benzene rings is 2. The van der Waals surface area contributed by atoms with Crippen LogP contribution in [0.15, 0.2) is 36.4 Å². The van der Waals surface area contributed by atoms with Gasteiger partial charge in [0.1, 0.15) is 0 Å². The lowest BCUT2D eigenvalue weighted by Crippen LogP contribution is -2.27. The average Bonchev–Trinajstić information content (AvgIpc) is 2.43. The van der Waals surface area contributed by atoms with Gasteiger partial charge in [0.05, 0.1) is 12.0 Å². The van der Waals surface area contributed by atoms with Gasteiger partial charge in [-0.1, -0.05) is 43.7 Å². The van der Waals surface area contributed by atoms with Gasteiger partial charge in [0.2, 0.25) is 0 Å². The van der Waals surface area contributed by atoms with Crippen LogP contribution in [-0.2, 0) is 0 Å². The van der Waals surface area contributed by atoms with Crippen LogP contribution in [0.5, 0.6) is 0 Å². The van der Waals surface area contributed by atoms with Gasteiger partial charge >= 0.3 is 0 Å². The normalized spacial score (nSPS) is 12.4. The van der Waals surface area contributed by atoms with E-state index >= 15 is 0 Å². The maximum Gasteiger partial charge on any atom is 0.0677 e. The van der Waals surface area contributed by atoms with Crippen LogP contribution in [0.1, 0.15) is 19.4 Å². The molecule has 2 nitrogen and oxygen atoms in total. The summed E-state index contributed by atoms with van der Waals surface area (Å²) in [5.41, 5.74) is 2.45. The average molecular weight is 266 g/mol. The Morgan fingerprint density at radius 2 is 1.75 bits per heavy atom. The van der Waals surface area contributed by atoms with Crippen LogP contribution < -0.4 is 4.90 Å². The van der Waals surface area contributed by atoms with Gasteiger partial charge < -0.3 is 4.90 Å². The van der Waals surface area contributed by atoms with E-state index in [-0.39, 0.29) is 5.92 Å². The maximum atomic E-state index is 9.22. The number of nitriles is 1. The second-order valence-corrected chi connectivity index (χ2v) is 5.90. The van der Waals surface area contributed by atoms with Crippen molar-refractivity contribution in [3.05, 3.63) is 42.0 Å². The zero-order valence-electron chi connectivity index (χ0n) is 12.7. The summed E-state index contributed by atoms with van der Waals surface area (Å²) in [4.78, 5) is 2.17. The number of nitrogens with zero attached hydrogens (tertiary/aromatic N) is 2. The van der Waals surface area contributed by atoms with E-state index in [1.165, 1.54) is 22.0 Å². The van der Waals surface area contributed by atoms with E-state index in [0.29, 0.717) is 5.92 Å². The van der Waals surface area contributed by atoms with Crippen molar-refractivity contribution in [1.82, 2.24) is 0 Å². The van der Waals surface area contributed by atoms with Crippen molar-refractivity contribution in [2.75, 3.05) is 18.5 Å². The Labute approximate surface area is 121 Å². The molecular formula is C18H22N2. The van der Waals surface area contributed by atoms with Crippen LogP contribution in [0.3, 0.4) is 0 Å². The van der Waals surface area contributed by atoms with Gasteiger partial charge in [-0.05, 0) is 35.7 Å². The predicted molar refractivity (Wildman–Crippen MR) is 85.9 cm³/mol. The van der Waals surface area contributed by atoms with E-state index in [0.717, 1.165) is 6.54 Å². The van der Waals surface area contributed by atoms with Crippen LogP contribution in [-0.4, -0.2) is 13.6 Å². The first kappa shape index (κ1) is 14.4. The number of rotatable bonds is 4. The standard InChI is InChI=1S/C18H22N2/c1-13(2)17(11-19)12-20(4)18-8-7-15-9-14(3)5-6-16(15)10-18/h5-10,13,17H,12H2,1-4H3. The number of fused-ring (bicyclic) bond motifs is 1. The number of hydrogen-bond donors (Lipinski definition) is 0. The SMILES string of the molecule is Cc1ccc2cc(N(C)CC(C#N)C(C)C)ccc2c1. The summed E-state index contributed by atoms with van der Waals surface area (Å²) in [6, 6.07) is 15.4. The zero-order chi connectivity index (χ0) is 14.7. The molecule has 0 fully saturated rings. The quantitative estimate of drug-likeness (QED) is 0.821. The molecule has 2 aromatic carbocycles. The second-order valence-electron chi connectivity index (χ2n) is 5.90. The van der Waals surface area contributed by atoms with E-state index < -0.39 is 0 Å². The van der Waals surface area contributed by atoms with Gasteiger partial charge in [0.25, 0.3) is 0 Å². The summed E-state index contributed by atoms with van der Waals surface area (Å²) >= 11 is 0.